The van der Waals surface area contributed by atoms with E-state index in [2.05, 4.69) is 10.6 Å². The van der Waals surface area contributed by atoms with Crippen LogP contribution in [0.2, 0.25) is 0 Å². The van der Waals surface area contributed by atoms with Gasteiger partial charge in [0.05, 0.1) is 23.5 Å². The molecule has 2 N–H and O–H groups in total. The minimum Gasteiger partial charge on any atom is -0.466 e. The van der Waals surface area contributed by atoms with Gasteiger partial charge in [0.1, 0.15) is 23.7 Å². The number of hydrogen-bond acceptors (Lipinski definition) is 6. The molecule has 1 aromatic carbocycles. The van der Waals surface area contributed by atoms with E-state index in [0.717, 1.165) is 37.7 Å². The summed E-state index contributed by atoms with van der Waals surface area (Å²) in [6, 6.07) is 10.9. The van der Waals surface area contributed by atoms with Gasteiger partial charge in [0, 0.05) is 12.5 Å². The molecule has 2 aromatic rings. The normalized spacial score (nSPS) is 14.9. The van der Waals surface area contributed by atoms with Gasteiger partial charge in [-0.2, -0.15) is 0 Å². The highest BCUT2D eigenvalue weighted by Gasteiger charge is 2.26. The Kier molecular flexibility index (Phi) is 11.4. The van der Waals surface area contributed by atoms with Crippen molar-refractivity contribution in [1.82, 2.24) is 5.32 Å². The molecule has 36 heavy (non-hydrogen) atoms. The molecule has 1 atom stereocenters. The van der Waals surface area contributed by atoms with Gasteiger partial charge in [-0.15, -0.1) is 11.8 Å². The van der Waals surface area contributed by atoms with Crippen molar-refractivity contribution in [2.45, 2.75) is 83.1 Å². The van der Waals surface area contributed by atoms with Crippen LogP contribution >= 0.6 is 11.8 Å². The molecular weight excluding hydrogens is 476 g/mol. The zero-order valence-corrected chi connectivity index (χ0v) is 22.1. The molecular formula is C28H38N2O5S. The Morgan fingerprint density at radius 1 is 1.08 bits per heavy atom. The molecule has 0 unspecified atom stereocenters. The number of thioether (sulfide) groups is 1. The van der Waals surface area contributed by atoms with Crippen LogP contribution in [0.15, 0.2) is 47.1 Å². The molecule has 0 bridgehead atoms. The minimum absolute atomic E-state index is 0.0746. The molecule has 1 aliphatic carbocycles. The van der Waals surface area contributed by atoms with Crippen LogP contribution < -0.4 is 10.6 Å². The number of anilines is 1. The lowest BCUT2D eigenvalue weighted by atomic mass is 9.98. The van der Waals surface area contributed by atoms with Crippen molar-refractivity contribution in [2.75, 3.05) is 11.1 Å². The van der Waals surface area contributed by atoms with Gasteiger partial charge in [-0.3, -0.25) is 9.59 Å². The van der Waals surface area contributed by atoms with Crippen molar-refractivity contribution in [3.05, 3.63) is 54.0 Å². The molecule has 0 radical (unpaired) electrons. The average molecular weight is 515 g/mol. The lowest BCUT2D eigenvalue weighted by molar-refractivity contribution is -0.118. The third kappa shape index (κ3) is 9.72. The van der Waals surface area contributed by atoms with Crippen molar-refractivity contribution in [3.8, 4) is 0 Å². The van der Waals surface area contributed by atoms with Crippen molar-refractivity contribution in [2.24, 2.45) is 5.92 Å². The highest BCUT2D eigenvalue weighted by Crippen LogP contribution is 2.24. The minimum atomic E-state index is -0.712. The summed E-state index contributed by atoms with van der Waals surface area (Å²) in [7, 11) is 0. The molecule has 1 aromatic heterocycles. The number of hydrogen-bond donors (Lipinski definition) is 2. The lowest BCUT2D eigenvalue weighted by Gasteiger charge is -2.24. The Balaban J connectivity index is 1.46. The number of carbonyl (C=O) groups is 3. The van der Waals surface area contributed by atoms with Crippen LogP contribution in [0, 0.1) is 5.92 Å². The average Bonchev–Trinajstić information content (AvgIpc) is 3.30. The number of alkyl carbamates (subject to hydrolysis) is 1. The summed E-state index contributed by atoms with van der Waals surface area (Å²) in [4.78, 5) is 37.8. The largest absolute Gasteiger partial charge is 0.466 e. The molecule has 1 saturated carbocycles. The van der Waals surface area contributed by atoms with Crippen LogP contribution in [-0.4, -0.2) is 35.7 Å². The fourth-order valence-electron chi connectivity index (χ4n) is 4.26. The van der Waals surface area contributed by atoms with Gasteiger partial charge in [-0.1, -0.05) is 50.6 Å². The van der Waals surface area contributed by atoms with Crippen molar-refractivity contribution in [1.29, 1.82) is 0 Å². The number of furan rings is 1. The van der Waals surface area contributed by atoms with Gasteiger partial charge in [0.25, 0.3) is 0 Å². The topological polar surface area (TPSA) is 97.6 Å². The van der Waals surface area contributed by atoms with Crippen molar-refractivity contribution in [3.63, 3.8) is 0 Å². The second-order valence-electron chi connectivity index (χ2n) is 9.76. The fraction of sp³-hybridized carbons (Fsp3) is 0.536. The summed E-state index contributed by atoms with van der Waals surface area (Å²) in [6.45, 7) is 4.01. The number of ketones is 1. The number of rotatable bonds is 13. The number of amides is 2. The molecule has 1 heterocycles. The molecule has 2 amide bonds. The number of Topliss-reactive ketones (excluding diaryl/α,β-unsaturated/α-hetero) is 1. The smallest absolute Gasteiger partial charge is 0.408 e. The molecule has 8 heteroatoms. The Morgan fingerprint density at radius 3 is 2.56 bits per heavy atom. The molecule has 3 rings (SSSR count). The van der Waals surface area contributed by atoms with Crippen LogP contribution in [0.3, 0.4) is 0 Å². The van der Waals surface area contributed by atoms with E-state index in [1.54, 1.807) is 6.07 Å². The van der Waals surface area contributed by atoms with Crippen LogP contribution in [0.1, 0.15) is 70.1 Å². The maximum atomic E-state index is 13.0. The van der Waals surface area contributed by atoms with E-state index in [4.69, 9.17) is 9.15 Å². The highest BCUT2D eigenvalue weighted by atomic mass is 32.2. The monoisotopic (exact) mass is 514 g/mol. The summed E-state index contributed by atoms with van der Waals surface area (Å²) in [5.74, 6) is 1.51. The molecule has 196 valence electrons. The van der Waals surface area contributed by atoms with E-state index in [9.17, 15) is 14.4 Å². The first kappa shape index (κ1) is 27.8. The Labute approximate surface area is 218 Å². The molecule has 1 fully saturated rings. The number of benzene rings is 1. The number of aryl methyl sites for hydroxylation is 1. The Hall–Kier alpha value is -2.74. The standard InChI is InChI=1S/C28H38N2O5S/c1-20(2)17-25(30-28(33)35-23-11-7-4-8-12-23)27(32)29-24-15-16-34-26(24)19-36-18-22(31)14-13-21-9-5-3-6-10-21/h3,5-6,9-10,15-16,20,23,25H,4,7-8,11-14,17-19H2,1-2H3,(H,29,32)(H,30,33)/t25-/m0/s1. The van der Waals surface area contributed by atoms with Gasteiger partial charge in [0.15, 0.2) is 0 Å². The number of carbonyl (C=O) groups excluding carboxylic acids is 3. The van der Waals surface area contributed by atoms with Crippen LogP contribution in [-0.2, 0) is 26.5 Å². The van der Waals surface area contributed by atoms with E-state index in [-0.39, 0.29) is 23.7 Å². The molecule has 0 saturated heterocycles. The predicted molar refractivity (Wildman–Crippen MR) is 143 cm³/mol. The predicted octanol–water partition coefficient (Wildman–Crippen LogP) is 6.13. The van der Waals surface area contributed by atoms with E-state index in [1.165, 1.54) is 24.4 Å². The maximum Gasteiger partial charge on any atom is 0.408 e. The van der Waals surface area contributed by atoms with Gasteiger partial charge in [-0.25, -0.2) is 4.79 Å². The second kappa shape index (κ2) is 14.7. The Bertz CT molecular complexity index is 969. The SMILES string of the molecule is CC(C)C[C@H](NC(=O)OC1CCCCC1)C(=O)Nc1ccoc1CSCC(=O)CCc1ccccc1. The summed E-state index contributed by atoms with van der Waals surface area (Å²) in [5.41, 5.74) is 1.71. The van der Waals surface area contributed by atoms with Crippen molar-refractivity contribution < 1.29 is 23.5 Å². The third-order valence-electron chi connectivity index (χ3n) is 6.18. The van der Waals surface area contributed by atoms with E-state index < -0.39 is 12.1 Å². The zero-order chi connectivity index (χ0) is 25.8. The van der Waals surface area contributed by atoms with Gasteiger partial charge < -0.3 is 19.8 Å². The van der Waals surface area contributed by atoms with Crippen molar-refractivity contribution >= 4 is 35.2 Å². The van der Waals surface area contributed by atoms with Gasteiger partial charge in [-0.05, 0) is 50.0 Å². The highest BCUT2D eigenvalue weighted by molar-refractivity contribution is 7.99. The molecule has 0 aliphatic heterocycles. The number of ether oxygens (including phenoxy) is 1. The van der Waals surface area contributed by atoms with Crippen LogP contribution in [0.5, 0.6) is 0 Å². The van der Waals surface area contributed by atoms with Crippen LogP contribution in [0.4, 0.5) is 10.5 Å². The molecule has 0 spiro atoms. The van der Waals surface area contributed by atoms with Crippen LogP contribution in [0.25, 0.3) is 0 Å². The fourth-order valence-corrected chi connectivity index (χ4v) is 5.14. The van der Waals surface area contributed by atoms with Gasteiger partial charge in [0.2, 0.25) is 5.91 Å². The van der Waals surface area contributed by atoms with E-state index in [0.29, 0.717) is 35.8 Å². The quantitative estimate of drug-likeness (QED) is 0.334. The first-order chi connectivity index (χ1) is 17.4. The first-order valence-electron chi connectivity index (χ1n) is 12.9. The third-order valence-corrected chi connectivity index (χ3v) is 7.17. The Morgan fingerprint density at radius 2 is 1.83 bits per heavy atom. The maximum absolute atomic E-state index is 13.0. The second-order valence-corrected chi connectivity index (χ2v) is 10.7. The zero-order valence-electron chi connectivity index (χ0n) is 21.3. The number of nitrogens with one attached hydrogen (secondary N) is 2. The van der Waals surface area contributed by atoms with E-state index >= 15 is 0 Å². The summed E-state index contributed by atoms with van der Waals surface area (Å²) >= 11 is 1.46. The van der Waals surface area contributed by atoms with E-state index in [1.807, 2.05) is 44.2 Å². The van der Waals surface area contributed by atoms with Gasteiger partial charge >= 0.3 is 6.09 Å². The lowest BCUT2D eigenvalue weighted by Crippen LogP contribution is -2.45. The summed E-state index contributed by atoms with van der Waals surface area (Å²) in [5, 5.41) is 5.65. The first-order valence-corrected chi connectivity index (χ1v) is 14.0. The molecule has 7 nitrogen and oxygen atoms in total. The summed E-state index contributed by atoms with van der Waals surface area (Å²) in [6.07, 6.45) is 7.67. The summed E-state index contributed by atoms with van der Waals surface area (Å²) < 4.78 is 11.1. The molecule has 1 aliphatic rings.